The molecule has 1 atom stereocenters. The molecule has 8 rings (SSSR count). The van der Waals surface area contributed by atoms with Crippen molar-refractivity contribution in [3.05, 3.63) is 18.5 Å². The summed E-state index contributed by atoms with van der Waals surface area (Å²) in [5, 5.41) is 25.6. The third kappa shape index (κ3) is 4.18. The number of piperidine rings is 1. The molecule has 11 nitrogen and oxygen atoms in total. The summed E-state index contributed by atoms with van der Waals surface area (Å²) in [4.78, 5) is 20.7. The Balaban J connectivity index is 1.09. The number of nitrogens with zero attached hydrogens (tertiary/aromatic N) is 6. The van der Waals surface area contributed by atoms with E-state index in [1.165, 1.54) is 6.20 Å². The number of fused-ring (bicyclic) bond motifs is 1. The minimum atomic E-state index is -3.67. The predicted octanol–water partition coefficient (Wildman–Crippen LogP) is 3.30. The summed E-state index contributed by atoms with van der Waals surface area (Å²) in [6.45, 7) is 1.51. The lowest BCUT2D eigenvalue weighted by Crippen LogP contribution is -2.70. The number of pyridine rings is 1. The van der Waals surface area contributed by atoms with Gasteiger partial charge in [-0.2, -0.15) is 10.2 Å². The number of aromatic nitrogens is 5. The van der Waals surface area contributed by atoms with Crippen LogP contribution in [0.25, 0.3) is 22.3 Å². The van der Waals surface area contributed by atoms with Crippen molar-refractivity contribution >= 4 is 36.3 Å². The fraction of sp³-hybridized carbons (Fsp3) is 0.630. The van der Waals surface area contributed by atoms with E-state index >= 15 is 0 Å². The van der Waals surface area contributed by atoms with Gasteiger partial charge in [0.25, 0.3) is 5.92 Å². The first-order valence-corrected chi connectivity index (χ1v) is 14.5. The van der Waals surface area contributed by atoms with Crippen LogP contribution in [0, 0.1) is 0 Å². The average Bonchev–Trinajstić information content (AvgIpc) is 3.87. The predicted molar refractivity (Wildman–Crippen MR) is 146 cm³/mol. The van der Waals surface area contributed by atoms with Gasteiger partial charge in [-0.05, 0) is 51.0 Å². The van der Waals surface area contributed by atoms with Gasteiger partial charge in [0.2, 0.25) is 0 Å². The Kier molecular flexibility index (Phi) is 5.40. The highest BCUT2D eigenvalue weighted by Crippen LogP contribution is 2.56. The summed E-state index contributed by atoms with van der Waals surface area (Å²) in [7, 11) is 5.69. The maximum Gasteiger partial charge on any atom is 0.324 e. The molecule has 3 N–H and O–H groups in total. The van der Waals surface area contributed by atoms with Crippen LogP contribution in [0.5, 0.6) is 0 Å². The van der Waals surface area contributed by atoms with Gasteiger partial charge in [-0.3, -0.25) is 19.7 Å². The zero-order valence-electron chi connectivity index (χ0n) is 22.8. The number of ether oxygens (including phenoxy) is 1. The van der Waals surface area contributed by atoms with Crippen LogP contribution in [0.4, 0.5) is 29.5 Å². The molecule has 220 valence electrons. The third-order valence-electron chi connectivity index (χ3n) is 9.32. The molecule has 3 saturated carbocycles. The van der Waals surface area contributed by atoms with Crippen LogP contribution in [-0.2, 0) is 11.3 Å². The summed E-state index contributed by atoms with van der Waals surface area (Å²) in [5.74, 6) is -2.96. The molecule has 3 aliphatic carbocycles. The van der Waals surface area contributed by atoms with E-state index in [1.54, 1.807) is 16.9 Å². The summed E-state index contributed by atoms with van der Waals surface area (Å²) >= 11 is 0. The quantitative estimate of drug-likeness (QED) is 0.366. The van der Waals surface area contributed by atoms with Crippen LogP contribution in [0.2, 0.25) is 0 Å². The number of nitrogens with one attached hydrogen (secondary N) is 2. The van der Waals surface area contributed by atoms with Crippen LogP contribution >= 0.6 is 0 Å². The van der Waals surface area contributed by atoms with E-state index in [2.05, 4.69) is 25.4 Å². The molecule has 5 aliphatic rings. The monoisotopic (exact) mass is 582 g/mol. The Morgan fingerprint density at radius 1 is 1.12 bits per heavy atom. The number of anilines is 2. The van der Waals surface area contributed by atoms with Crippen molar-refractivity contribution in [3.63, 3.8) is 0 Å². The Morgan fingerprint density at radius 2 is 1.86 bits per heavy atom. The first-order valence-electron chi connectivity index (χ1n) is 14.5. The number of carbonyl (C=O) groups is 1. The van der Waals surface area contributed by atoms with Gasteiger partial charge in [0.1, 0.15) is 11.4 Å². The number of amides is 2. The number of H-pyrrole nitrogens is 1. The number of likely N-dealkylation sites (tertiary alicyclic amines) is 1. The topological polar surface area (TPSA) is 124 Å². The van der Waals surface area contributed by atoms with Crippen LogP contribution in [0.15, 0.2) is 18.5 Å². The maximum atomic E-state index is 14.9. The molecular weight excluding hydrogens is 552 g/mol. The number of halogens is 3. The van der Waals surface area contributed by atoms with Gasteiger partial charge in [-0.15, -0.1) is 0 Å². The molecule has 0 aromatic carbocycles. The normalized spacial score (nSPS) is 27.3. The molecular formula is C27H30BF3N8O3. The molecule has 3 aromatic rings. The lowest BCUT2D eigenvalue weighted by molar-refractivity contribution is -0.229. The molecule has 0 bridgehead atoms. The van der Waals surface area contributed by atoms with Crippen molar-refractivity contribution in [1.29, 1.82) is 0 Å². The Bertz CT molecular complexity index is 1580. The Morgan fingerprint density at radius 3 is 2.55 bits per heavy atom. The van der Waals surface area contributed by atoms with Gasteiger partial charge in [0.05, 0.1) is 47.2 Å². The number of hydrogen-bond acceptors (Lipinski definition) is 7. The molecule has 2 aliphatic heterocycles. The molecule has 5 fully saturated rings. The molecule has 1 unspecified atom stereocenters. The van der Waals surface area contributed by atoms with Crippen LogP contribution in [-0.4, -0.2) is 96.9 Å². The fourth-order valence-electron chi connectivity index (χ4n) is 6.23. The lowest BCUT2D eigenvalue weighted by atomic mass is 9.75. The third-order valence-corrected chi connectivity index (χ3v) is 9.32. The van der Waals surface area contributed by atoms with E-state index in [0.717, 1.165) is 18.2 Å². The second-order valence-corrected chi connectivity index (χ2v) is 12.7. The van der Waals surface area contributed by atoms with Crippen molar-refractivity contribution in [2.24, 2.45) is 0 Å². The molecule has 15 heteroatoms. The molecule has 42 heavy (non-hydrogen) atoms. The SMILES string of the molecule is [B]C1(O)N(C(=O)Nc2cn[nH]c2-c2cc3c(cn2)c(N2CC(OC4CC4)C2)nn3CC2(F)CC2)C2(CC2)CCC1(F)F. The number of alkyl halides is 3. The highest BCUT2D eigenvalue weighted by atomic mass is 19.3. The number of carbonyl (C=O) groups excluding carboxylic acids is 1. The van der Waals surface area contributed by atoms with Crippen molar-refractivity contribution in [3.8, 4) is 11.4 Å². The van der Waals surface area contributed by atoms with Crippen LogP contribution in [0.1, 0.15) is 51.4 Å². The highest BCUT2D eigenvalue weighted by molar-refractivity contribution is 6.17. The molecule has 2 saturated heterocycles. The van der Waals surface area contributed by atoms with Gasteiger partial charge >= 0.3 is 6.03 Å². The zero-order valence-corrected chi connectivity index (χ0v) is 22.8. The number of rotatable bonds is 7. The minimum absolute atomic E-state index is 0.0379. The average molecular weight is 582 g/mol. The molecule has 5 heterocycles. The summed E-state index contributed by atoms with van der Waals surface area (Å²) in [6.07, 6.45) is 7.04. The lowest BCUT2D eigenvalue weighted by Gasteiger charge is -2.51. The summed E-state index contributed by atoms with van der Waals surface area (Å²) in [6, 6.07) is 0.789. The van der Waals surface area contributed by atoms with Crippen molar-refractivity contribution < 1.29 is 27.8 Å². The van der Waals surface area contributed by atoms with E-state index in [-0.39, 0.29) is 24.8 Å². The zero-order chi connectivity index (χ0) is 29.1. The van der Waals surface area contributed by atoms with Crippen molar-refractivity contribution in [1.82, 2.24) is 29.9 Å². The highest BCUT2D eigenvalue weighted by Gasteiger charge is 2.67. The number of aliphatic hydroxyl groups is 1. The van der Waals surface area contributed by atoms with E-state index in [1.807, 2.05) is 0 Å². The van der Waals surface area contributed by atoms with Gasteiger partial charge < -0.3 is 20.1 Å². The maximum absolute atomic E-state index is 14.9. The summed E-state index contributed by atoms with van der Waals surface area (Å²) in [5.41, 5.74) is -3.81. The summed E-state index contributed by atoms with van der Waals surface area (Å²) < 4.78 is 51.7. The standard InChI is InChI=1S/C27H30BF3N8O3/c28-27(41)26(30,31)8-7-25(5-6-25)39(27)23(40)34-19-11-33-35-21(19)18-9-20-17(10-32-18)22(36-38(20)14-24(29)3-4-24)37-12-16(13-37)42-15-1-2-15/h9-11,15-16,41H,1-8,12-14H2,(H,33,35)(H,34,40). The van der Waals surface area contributed by atoms with Gasteiger partial charge in [-0.25, -0.2) is 18.0 Å². The number of urea groups is 1. The van der Waals surface area contributed by atoms with Gasteiger partial charge in [0.15, 0.2) is 19.3 Å². The first-order chi connectivity index (χ1) is 20.0. The van der Waals surface area contributed by atoms with Crippen LogP contribution in [0.3, 0.4) is 0 Å². The largest absolute Gasteiger partial charge is 0.374 e. The van der Waals surface area contributed by atoms with E-state index in [4.69, 9.17) is 17.7 Å². The molecule has 2 amide bonds. The first kappa shape index (κ1) is 26.3. The number of hydrogen-bond donors (Lipinski definition) is 3. The van der Waals surface area contributed by atoms with E-state index in [9.17, 15) is 23.1 Å². The second kappa shape index (κ2) is 8.62. The van der Waals surface area contributed by atoms with E-state index in [0.29, 0.717) is 72.5 Å². The van der Waals surface area contributed by atoms with E-state index < -0.39 is 35.2 Å². The smallest absolute Gasteiger partial charge is 0.324 e. The molecule has 1 spiro atoms. The van der Waals surface area contributed by atoms with Crippen LogP contribution < -0.4 is 10.2 Å². The fourth-order valence-corrected chi connectivity index (χ4v) is 6.23. The molecule has 3 aromatic heterocycles. The second-order valence-electron chi connectivity index (χ2n) is 12.7. The van der Waals surface area contributed by atoms with Crippen molar-refractivity contribution in [2.75, 3.05) is 23.3 Å². The Hall–Kier alpha value is -3.33. The molecule has 2 radical (unpaired) electrons. The Labute approximate surface area is 240 Å². The number of aromatic amines is 1. The minimum Gasteiger partial charge on any atom is -0.374 e. The van der Waals surface area contributed by atoms with Gasteiger partial charge in [0, 0.05) is 31.2 Å². The van der Waals surface area contributed by atoms with Gasteiger partial charge in [-0.1, -0.05) is 0 Å². The van der Waals surface area contributed by atoms with Crippen molar-refractivity contribution in [2.45, 2.75) is 92.9 Å².